The normalized spacial score (nSPS) is 24.1. The van der Waals surface area contributed by atoms with Gasteiger partial charge in [0.2, 0.25) is 11.5 Å². The van der Waals surface area contributed by atoms with Gasteiger partial charge in [0.1, 0.15) is 0 Å². The summed E-state index contributed by atoms with van der Waals surface area (Å²) in [5.41, 5.74) is -0.828. The molecule has 0 aliphatic carbocycles. The number of halogens is 1. The van der Waals surface area contributed by atoms with E-state index in [2.05, 4.69) is 20.4 Å². The zero-order valence-electron chi connectivity index (χ0n) is 9.77. The maximum absolute atomic E-state index is 14.6. The number of alkyl halides is 1. The molecular weight excluding hydrogens is 235 g/mol. The highest BCUT2D eigenvalue weighted by molar-refractivity contribution is 5.52. The molecule has 0 saturated carbocycles. The van der Waals surface area contributed by atoms with Gasteiger partial charge in [-0.3, -0.25) is 4.98 Å². The van der Waals surface area contributed by atoms with Crippen molar-refractivity contribution in [2.45, 2.75) is 18.5 Å². The molecule has 0 aromatic carbocycles. The van der Waals surface area contributed by atoms with Crippen LogP contribution in [-0.4, -0.2) is 28.2 Å². The summed E-state index contributed by atoms with van der Waals surface area (Å²) in [5.74, 6) is 0.425. The first kappa shape index (κ1) is 11.3. The van der Waals surface area contributed by atoms with Crippen LogP contribution in [0.1, 0.15) is 18.7 Å². The van der Waals surface area contributed by atoms with Gasteiger partial charge in [-0.15, -0.1) is 0 Å². The number of nitrogens with zero attached hydrogens (tertiary/aromatic N) is 3. The van der Waals surface area contributed by atoms with Gasteiger partial charge in [-0.1, -0.05) is 5.16 Å². The number of aromatic nitrogens is 3. The minimum atomic E-state index is -1.55. The minimum Gasteiger partial charge on any atom is -0.335 e. The summed E-state index contributed by atoms with van der Waals surface area (Å²) in [6.07, 6.45) is 4.46. The standard InChI is InChI=1S/C12H13FN4O/c13-12(4-2-6-15-8-12)11-16-10(17-18-11)9-3-1-5-14-7-9/h1,3,5,7,15H,2,4,6,8H2. The Morgan fingerprint density at radius 1 is 1.44 bits per heavy atom. The van der Waals surface area contributed by atoms with Crippen molar-refractivity contribution in [1.29, 1.82) is 0 Å². The van der Waals surface area contributed by atoms with Crippen LogP contribution in [0.15, 0.2) is 29.0 Å². The van der Waals surface area contributed by atoms with Crippen LogP contribution in [0, 0.1) is 0 Å². The van der Waals surface area contributed by atoms with Gasteiger partial charge in [-0.05, 0) is 31.5 Å². The van der Waals surface area contributed by atoms with Crippen molar-refractivity contribution < 1.29 is 8.91 Å². The zero-order valence-corrected chi connectivity index (χ0v) is 9.77. The number of piperidine rings is 1. The number of nitrogens with one attached hydrogen (secondary N) is 1. The molecular formula is C12H13FN4O. The van der Waals surface area contributed by atoms with Crippen LogP contribution in [0.5, 0.6) is 0 Å². The van der Waals surface area contributed by atoms with Gasteiger partial charge < -0.3 is 9.84 Å². The second kappa shape index (κ2) is 4.45. The molecule has 0 amide bonds. The maximum Gasteiger partial charge on any atom is 0.265 e. The number of rotatable bonds is 2. The SMILES string of the molecule is FC1(c2nc(-c3cccnc3)no2)CCCNC1. The molecule has 0 radical (unpaired) electrons. The molecule has 3 heterocycles. The van der Waals surface area contributed by atoms with E-state index in [1.165, 1.54) is 0 Å². The maximum atomic E-state index is 14.6. The lowest BCUT2D eigenvalue weighted by Gasteiger charge is -2.26. The average molecular weight is 248 g/mol. The highest BCUT2D eigenvalue weighted by Gasteiger charge is 2.39. The molecule has 6 heteroatoms. The fourth-order valence-corrected chi connectivity index (χ4v) is 2.07. The lowest BCUT2D eigenvalue weighted by Crippen LogP contribution is -2.40. The van der Waals surface area contributed by atoms with E-state index in [0.717, 1.165) is 18.5 Å². The average Bonchev–Trinajstić information content (AvgIpc) is 2.91. The summed E-state index contributed by atoms with van der Waals surface area (Å²) in [7, 11) is 0. The van der Waals surface area contributed by atoms with Crippen LogP contribution in [0.3, 0.4) is 0 Å². The van der Waals surface area contributed by atoms with Crippen LogP contribution >= 0.6 is 0 Å². The molecule has 5 nitrogen and oxygen atoms in total. The van der Waals surface area contributed by atoms with Gasteiger partial charge in [0, 0.05) is 24.5 Å². The molecule has 1 aliphatic heterocycles. The van der Waals surface area contributed by atoms with Crippen molar-refractivity contribution in [1.82, 2.24) is 20.4 Å². The summed E-state index contributed by atoms with van der Waals surface area (Å²) >= 11 is 0. The Labute approximate surface area is 103 Å². The summed E-state index contributed by atoms with van der Waals surface area (Å²) in [6.45, 7) is 1.05. The monoisotopic (exact) mass is 248 g/mol. The third-order valence-corrected chi connectivity index (χ3v) is 3.06. The van der Waals surface area contributed by atoms with Crippen LogP contribution in [0.25, 0.3) is 11.4 Å². The van der Waals surface area contributed by atoms with Crippen LogP contribution in [0.4, 0.5) is 4.39 Å². The fraction of sp³-hybridized carbons (Fsp3) is 0.417. The number of hydrogen-bond donors (Lipinski definition) is 1. The predicted octanol–water partition coefficient (Wildman–Crippen LogP) is 1.68. The third-order valence-electron chi connectivity index (χ3n) is 3.06. The Kier molecular flexibility index (Phi) is 2.79. The van der Waals surface area contributed by atoms with Gasteiger partial charge in [0.05, 0.1) is 0 Å². The third kappa shape index (κ3) is 1.99. The lowest BCUT2D eigenvalue weighted by molar-refractivity contribution is 0.0785. The summed E-state index contributed by atoms with van der Waals surface area (Å²) < 4.78 is 19.6. The Morgan fingerprint density at radius 2 is 2.39 bits per heavy atom. The highest BCUT2D eigenvalue weighted by Crippen LogP contribution is 2.32. The molecule has 0 spiro atoms. The summed E-state index contributed by atoms with van der Waals surface area (Å²) in [5, 5.41) is 6.82. The number of pyridine rings is 1. The van der Waals surface area contributed by atoms with E-state index in [0.29, 0.717) is 12.2 Å². The molecule has 1 fully saturated rings. The Morgan fingerprint density at radius 3 is 3.11 bits per heavy atom. The van der Waals surface area contributed by atoms with E-state index >= 15 is 0 Å². The Hall–Kier alpha value is -1.82. The largest absolute Gasteiger partial charge is 0.335 e. The van der Waals surface area contributed by atoms with Gasteiger partial charge in [0.25, 0.3) is 5.89 Å². The lowest BCUT2D eigenvalue weighted by atomic mass is 9.96. The van der Waals surface area contributed by atoms with Gasteiger partial charge in [0.15, 0.2) is 0 Å². The van der Waals surface area contributed by atoms with Gasteiger partial charge >= 0.3 is 0 Å². The van der Waals surface area contributed by atoms with Crippen molar-refractivity contribution >= 4 is 0 Å². The quantitative estimate of drug-likeness (QED) is 0.876. The fourth-order valence-electron chi connectivity index (χ4n) is 2.07. The van der Waals surface area contributed by atoms with Crippen molar-refractivity contribution in [2.24, 2.45) is 0 Å². The first-order valence-corrected chi connectivity index (χ1v) is 5.92. The van der Waals surface area contributed by atoms with Crippen LogP contribution in [-0.2, 0) is 5.67 Å². The van der Waals surface area contributed by atoms with Crippen molar-refractivity contribution in [3.8, 4) is 11.4 Å². The smallest absolute Gasteiger partial charge is 0.265 e. The number of hydrogen-bond acceptors (Lipinski definition) is 5. The highest BCUT2D eigenvalue weighted by atomic mass is 19.1. The Balaban J connectivity index is 1.89. The summed E-state index contributed by atoms with van der Waals surface area (Å²) in [4.78, 5) is 8.12. The van der Waals surface area contributed by atoms with E-state index in [1.54, 1.807) is 18.5 Å². The predicted molar refractivity (Wildman–Crippen MR) is 62.4 cm³/mol. The first-order valence-electron chi connectivity index (χ1n) is 5.92. The van der Waals surface area contributed by atoms with Gasteiger partial charge in [-0.25, -0.2) is 4.39 Å². The van der Waals surface area contributed by atoms with E-state index < -0.39 is 5.67 Å². The molecule has 1 aliphatic rings. The second-order valence-corrected chi connectivity index (χ2v) is 4.41. The van der Waals surface area contributed by atoms with Crippen molar-refractivity contribution in [2.75, 3.05) is 13.1 Å². The Bertz CT molecular complexity index is 522. The van der Waals surface area contributed by atoms with Gasteiger partial charge in [-0.2, -0.15) is 4.98 Å². The van der Waals surface area contributed by atoms with E-state index in [9.17, 15) is 4.39 Å². The molecule has 0 bridgehead atoms. The second-order valence-electron chi connectivity index (χ2n) is 4.41. The molecule has 3 rings (SSSR count). The summed E-state index contributed by atoms with van der Waals surface area (Å²) in [6, 6.07) is 3.59. The van der Waals surface area contributed by atoms with Crippen molar-refractivity contribution in [3.63, 3.8) is 0 Å². The zero-order chi connectivity index (χ0) is 12.4. The molecule has 2 aromatic rings. The van der Waals surface area contributed by atoms with Crippen LogP contribution in [0.2, 0.25) is 0 Å². The topological polar surface area (TPSA) is 63.8 Å². The first-order chi connectivity index (χ1) is 8.78. The van der Waals surface area contributed by atoms with E-state index in [-0.39, 0.29) is 12.4 Å². The molecule has 1 unspecified atom stereocenters. The molecule has 94 valence electrons. The molecule has 1 atom stereocenters. The minimum absolute atomic E-state index is 0.0496. The molecule has 1 N–H and O–H groups in total. The molecule has 2 aromatic heterocycles. The molecule has 1 saturated heterocycles. The van der Waals surface area contributed by atoms with E-state index in [4.69, 9.17) is 4.52 Å². The van der Waals surface area contributed by atoms with Crippen molar-refractivity contribution in [3.05, 3.63) is 30.4 Å². The molecule has 18 heavy (non-hydrogen) atoms. The van der Waals surface area contributed by atoms with E-state index in [1.807, 2.05) is 6.07 Å². The van der Waals surface area contributed by atoms with Crippen LogP contribution < -0.4 is 5.32 Å².